The summed E-state index contributed by atoms with van der Waals surface area (Å²) in [5, 5.41) is 42.1. The molecule has 4 rings (SSSR count). The SMILES string of the molecule is O=c1[nH]c(O)cc2c1=C(O)CC(=Cc1cc(O)c3ccccc3c1O)C=2. The molecular weight excluding hydrogens is 334 g/mol. The van der Waals surface area contributed by atoms with E-state index in [2.05, 4.69) is 4.98 Å². The Morgan fingerprint density at radius 1 is 1.00 bits per heavy atom. The number of aliphatic hydroxyl groups is 1. The van der Waals surface area contributed by atoms with Crippen LogP contribution in [0.2, 0.25) is 0 Å². The number of fused-ring (bicyclic) bond motifs is 2. The number of aromatic amines is 1. The molecule has 0 fully saturated rings. The van der Waals surface area contributed by atoms with Crippen molar-refractivity contribution in [3.63, 3.8) is 0 Å². The van der Waals surface area contributed by atoms with Gasteiger partial charge in [-0.1, -0.05) is 30.3 Å². The van der Waals surface area contributed by atoms with E-state index in [0.29, 0.717) is 27.1 Å². The Morgan fingerprint density at radius 3 is 2.50 bits per heavy atom. The monoisotopic (exact) mass is 349 g/mol. The van der Waals surface area contributed by atoms with E-state index in [1.165, 1.54) is 12.1 Å². The van der Waals surface area contributed by atoms with Crippen LogP contribution in [-0.2, 0) is 0 Å². The first kappa shape index (κ1) is 15.8. The summed E-state index contributed by atoms with van der Waals surface area (Å²) in [6.45, 7) is 0. The highest BCUT2D eigenvalue weighted by Gasteiger charge is 2.14. The minimum absolute atomic E-state index is 0.0124. The zero-order valence-electron chi connectivity index (χ0n) is 13.5. The van der Waals surface area contributed by atoms with Crippen molar-refractivity contribution < 1.29 is 20.4 Å². The highest BCUT2D eigenvalue weighted by molar-refractivity contribution is 5.96. The lowest BCUT2D eigenvalue weighted by molar-refractivity contribution is 0.449. The van der Waals surface area contributed by atoms with Crippen molar-refractivity contribution >= 4 is 28.7 Å². The maximum Gasteiger partial charge on any atom is 0.261 e. The van der Waals surface area contributed by atoms with E-state index in [4.69, 9.17) is 0 Å². The van der Waals surface area contributed by atoms with Crippen molar-refractivity contribution in [3.8, 4) is 17.4 Å². The fraction of sp³-hybridized carbons (Fsp3) is 0.0500. The maximum absolute atomic E-state index is 11.9. The lowest BCUT2D eigenvalue weighted by Crippen LogP contribution is -2.43. The van der Waals surface area contributed by atoms with E-state index in [0.717, 1.165) is 0 Å². The predicted octanol–water partition coefficient (Wildman–Crippen LogP) is 1.58. The van der Waals surface area contributed by atoms with Gasteiger partial charge in [0.25, 0.3) is 5.56 Å². The number of hydrogen-bond donors (Lipinski definition) is 5. The van der Waals surface area contributed by atoms with Gasteiger partial charge in [-0.15, -0.1) is 0 Å². The van der Waals surface area contributed by atoms with Crippen LogP contribution >= 0.6 is 0 Å². The second-order valence-electron chi connectivity index (χ2n) is 6.18. The third-order valence-electron chi connectivity index (χ3n) is 4.42. The second-order valence-corrected chi connectivity index (χ2v) is 6.18. The zero-order chi connectivity index (χ0) is 18.4. The molecule has 3 aromatic rings. The minimum atomic E-state index is -0.570. The second kappa shape index (κ2) is 5.70. The first-order chi connectivity index (χ1) is 12.4. The van der Waals surface area contributed by atoms with E-state index in [9.17, 15) is 25.2 Å². The lowest BCUT2D eigenvalue weighted by Gasteiger charge is -2.11. The number of phenolic OH excluding ortho intramolecular Hbond substituents is 2. The van der Waals surface area contributed by atoms with Crippen LogP contribution in [0.3, 0.4) is 0 Å². The van der Waals surface area contributed by atoms with Gasteiger partial charge in [-0.25, -0.2) is 0 Å². The van der Waals surface area contributed by atoms with Crippen LogP contribution in [0.25, 0.3) is 28.7 Å². The topological polar surface area (TPSA) is 114 Å². The van der Waals surface area contributed by atoms with E-state index in [1.807, 2.05) is 0 Å². The van der Waals surface area contributed by atoms with Crippen LogP contribution in [0.15, 0.2) is 46.8 Å². The molecule has 0 atom stereocenters. The van der Waals surface area contributed by atoms with Crippen molar-refractivity contribution in [2.24, 2.45) is 0 Å². The first-order valence-electron chi connectivity index (χ1n) is 7.94. The van der Waals surface area contributed by atoms with Crippen molar-refractivity contribution in [2.75, 3.05) is 0 Å². The summed E-state index contributed by atoms with van der Waals surface area (Å²) in [5.41, 5.74) is 0.432. The molecule has 1 aliphatic rings. The molecule has 0 saturated heterocycles. The number of aliphatic hydroxyl groups excluding tert-OH is 1. The largest absolute Gasteiger partial charge is 0.511 e. The van der Waals surface area contributed by atoms with Crippen molar-refractivity contribution in [2.45, 2.75) is 6.42 Å². The average Bonchev–Trinajstić information content (AvgIpc) is 2.58. The van der Waals surface area contributed by atoms with Crippen LogP contribution in [-0.4, -0.2) is 25.4 Å². The van der Waals surface area contributed by atoms with Crippen LogP contribution in [0, 0.1) is 0 Å². The van der Waals surface area contributed by atoms with Crippen molar-refractivity contribution in [1.29, 1.82) is 0 Å². The molecule has 0 aliphatic heterocycles. The number of benzene rings is 2. The molecule has 0 unspecified atom stereocenters. The molecule has 0 radical (unpaired) electrons. The zero-order valence-corrected chi connectivity index (χ0v) is 13.5. The van der Waals surface area contributed by atoms with Gasteiger partial charge in [0, 0.05) is 28.8 Å². The van der Waals surface area contributed by atoms with Gasteiger partial charge in [-0.3, -0.25) is 9.78 Å². The molecule has 0 bridgehead atoms. The minimum Gasteiger partial charge on any atom is -0.511 e. The number of H-pyrrole nitrogens is 1. The highest BCUT2D eigenvalue weighted by Crippen LogP contribution is 2.36. The van der Waals surface area contributed by atoms with Gasteiger partial charge in [0.15, 0.2) is 5.88 Å². The van der Waals surface area contributed by atoms with Crippen molar-refractivity contribution in [3.05, 3.63) is 68.3 Å². The van der Waals surface area contributed by atoms with Gasteiger partial charge in [0.1, 0.15) is 17.3 Å². The normalized spacial score (nSPS) is 15.1. The summed E-state index contributed by atoms with van der Waals surface area (Å²) in [5.74, 6) is -0.383. The Morgan fingerprint density at radius 2 is 1.73 bits per heavy atom. The highest BCUT2D eigenvalue weighted by atomic mass is 16.3. The molecule has 0 spiro atoms. The fourth-order valence-electron chi connectivity index (χ4n) is 3.27. The Kier molecular flexibility index (Phi) is 3.47. The number of nitrogens with one attached hydrogen (secondary N) is 1. The van der Waals surface area contributed by atoms with E-state index in [1.54, 1.807) is 36.4 Å². The molecule has 5 N–H and O–H groups in total. The van der Waals surface area contributed by atoms with Gasteiger partial charge in [0.05, 0.1) is 5.22 Å². The molecule has 130 valence electrons. The number of aromatic hydroxyl groups is 3. The number of aromatic nitrogens is 1. The smallest absolute Gasteiger partial charge is 0.261 e. The molecule has 0 amide bonds. The van der Waals surface area contributed by atoms with Gasteiger partial charge in [-0.2, -0.15) is 0 Å². The average molecular weight is 349 g/mol. The van der Waals surface area contributed by atoms with Gasteiger partial charge < -0.3 is 20.4 Å². The Hall–Kier alpha value is -3.67. The summed E-state index contributed by atoms with van der Waals surface area (Å²) in [6, 6.07) is 9.73. The molecule has 0 saturated carbocycles. The molecule has 6 heteroatoms. The molecule has 1 aliphatic carbocycles. The quantitative estimate of drug-likeness (QED) is 0.428. The van der Waals surface area contributed by atoms with Gasteiger partial charge >= 0.3 is 0 Å². The number of rotatable bonds is 1. The molecule has 1 aromatic heterocycles. The van der Waals surface area contributed by atoms with E-state index < -0.39 is 5.56 Å². The summed E-state index contributed by atoms with van der Waals surface area (Å²) < 4.78 is 0. The number of hydrogen-bond acceptors (Lipinski definition) is 5. The molecule has 2 aromatic carbocycles. The fourth-order valence-corrected chi connectivity index (χ4v) is 3.27. The molecule has 26 heavy (non-hydrogen) atoms. The standard InChI is InChI=1S/C20H15NO5/c22-15-8-12(19(25)14-4-2-1-3-13(14)15)6-10-5-11-9-17(24)21-20(26)18(11)16(23)7-10/h1-6,8-9,22-25H,7H2,(H,21,26). The first-order valence-corrected chi connectivity index (χ1v) is 7.94. The Labute approximate surface area is 146 Å². The summed E-state index contributed by atoms with van der Waals surface area (Å²) in [7, 11) is 0. The third-order valence-corrected chi connectivity index (χ3v) is 4.42. The predicted molar refractivity (Wildman–Crippen MR) is 98.4 cm³/mol. The molecular formula is C20H15NO5. The Bertz CT molecular complexity index is 1270. The molecule has 6 nitrogen and oxygen atoms in total. The number of phenols is 2. The summed E-state index contributed by atoms with van der Waals surface area (Å²) >= 11 is 0. The van der Waals surface area contributed by atoms with Crippen molar-refractivity contribution in [1.82, 2.24) is 4.98 Å². The summed E-state index contributed by atoms with van der Waals surface area (Å²) in [4.78, 5) is 14.1. The Balaban J connectivity index is 1.93. The van der Waals surface area contributed by atoms with Gasteiger partial charge in [-0.05, 0) is 22.9 Å². The van der Waals surface area contributed by atoms with E-state index in [-0.39, 0.29) is 34.8 Å². The lowest BCUT2D eigenvalue weighted by atomic mass is 9.97. The van der Waals surface area contributed by atoms with Gasteiger partial charge in [0.2, 0.25) is 0 Å². The van der Waals surface area contributed by atoms with E-state index >= 15 is 0 Å². The van der Waals surface area contributed by atoms with Crippen LogP contribution in [0.5, 0.6) is 17.4 Å². The van der Waals surface area contributed by atoms with Crippen LogP contribution in [0.4, 0.5) is 0 Å². The summed E-state index contributed by atoms with van der Waals surface area (Å²) in [6.07, 6.45) is 3.36. The van der Waals surface area contributed by atoms with Crippen LogP contribution in [0.1, 0.15) is 12.0 Å². The molecule has 1 heterocycles. The number of pyridine rings is 1. The third kappa shape index (κ3) is 2.48. The maximum atomic E-state index is 11.9. The van der Waals surface area contributed by atoms with Crippen LogP contribution < -0.4 is 16.0 Å².